The Morgan fingerprint density at radius 3 is 2.72 bits per heavy atom. The predicted octanol–water partition coefficient (Wildman–Crippen LogP) is 3.15. The first-order valence-corrected chi connectivity index (χ1v) is 8.91. The fraction of sp³-hybridized carbons (Fsp3) is 0.312. The topological polar surface area (TPSA) is 93.1 Å². The van der Waals surface area contributed by atoms with E-state index < -0.39 is 23.2 Å². The van der Waals surface area contributed by atoms with Gasteiger partial charge in [0.15, 0.2) is 11.5 Å². The highest BCUT2D eigenvalue weighted by Gasteiger charge is 2.41. The van der Waals surface area contributed by atoms with Crippen LogP contribution in [0.3, 0.4) is 0 Å². The van der Waals surface area contributed by atoms with E-state index in [0.29, 0.717) is 16.6 Å². The summed E-state index contributed by atoms with van der Waals surface area (Å²) in [7, 11) is 1.19. The van der Waals surface area contributed by atoms with Gasteiger partial charge in [-0.1, -0.05) is 15.9 Å². The molecule has 1 saturated heterocycles. The average molecular weight is 430 g/mol. The van der Waals surface area contributed by atoms with Gasteiger partial charge in [-0.05, 0) is 49.4 Å². The van der Waals surface area contributed by atoms with Crippen molar-refractivity contribution in [3.05, 3.63) is 27.1 Å². The van der Waals surface area contributed by atoms with Crippen LogP contribution >= 0.6 is 27.7 Å². The van der Waals surface area contributed by atoms with E-state index in [1.54, 1.807) is 13.0 Å². The molecular formula is C16H16BrNO6S. The summed E-state index contributed by atoms with van der Waals surface area (Å²) in [6, 6.07) is 1.99. The third-order valence-corrected chi connectivity index (χ3v) is 4.99. The SMILES string of the molecule is CCOc1cc(/C=C2\SC(=O)N([C@@H](C)C(=O)OC)C2=O)c(Br)cc1O. The molecule has 9 heteroatoms. The Balaban J connectivity index is 2.36. The van der Waals surface area contributed by atoms with Gasteiger partial charge in [-0.25, -0.2) is 4.79 Å². The van der Waals surface area contributed by atoms with Gasteiger partial charge in [-0.15, -0.1) is 0 Å². The Morgan fingerprint density at radius 2 is 2.12 bits per heavy atom. The van der Waals surface area contributed by atoms with E-state index in [1.807, 2.05) is 0 Å². The molecule has 0 radical (unpaired) electrons. The van der Waals surface area contributed by atoms with Crippen molar-refractivity contribution in [3.8, 4) is 11.5 Å². The quantitative estimate of drug-likeness (QED) is 0.567. The van der Waals surface area contributed by atoms with Crippen molar-refractivity contribution in [1.82, 2.24) is 4.90 Å². The molecule has 0 saturated carbocycles. The highest BCUT2D eigenvalue weighted by atomic mass is 79.9. The number of esters is 1. The van der Waals surface area contributed by atoms with Crippen molar-refractivity contribution in [3.63, 3.8) is 0 Å². The van der Waals surface area contributed by atoms with Crippen LogP contribution < -0.4 is 4.74 Å². The minimum Gasteiger partial charge on any atom is -0.504 e. The highest BCUT2D eigenvalue weighted by molar-refractivity contribution is 9.10. The average Bonchev–Trinajstić information content (AvgIpc) is 2.84. The van der Waals surface area contributed by atoms with E-state index in [2.05, 4.69) is 20.7 Å². The number of amides is 2. The molecule has 1 aromatic carbocycles. The Labute approximate surface area is 157 Å². The molecule has 7 nitrogen and oxygen atoms in total. The molecule has 1 aromatic rings. The molecule has 0 unspecified atom stereocenters. The Kier molecular flexibility index (Phi) is 6.12. The number of rotatable bonds is 5. The molecule has 1 N–H and O–H groups in total. The Hall–Kier alpha value is -2.00. The van der Waals surface area contributed by atoms with Crippen LogP contribution in [-0.2, 0) is 14.3 Å². The third-order valence-electron chi connectivity index (χ3n) is 3.42. The lowest BCUT2D eigenvalue weighted by Gasteiger charge is -2.18. The predicted molar refractivity (Wildman–Crippen MR) is 96.3 cm³/mol. The molecule has 1 aliphatic heterocycles. The molecule has 134 valence electrons. The molecule has 1 heterocycles. The smallest absolute Gasteiger partial charge is 0.328 e. The van der Waals surface area contributed by atoms with Gasteiger partial charge in [0, 0.05) is 4.47 Å². The Bertz CT molecular complexity index is 763. The number of benzene rings is 1. The van der Waals surface area contributed by atoms with E-state index in [1.165, 1.54) is 26.2 Å². The van der Waals surface area contributed by atoms with Crippen molar-refractivity contribution in [2.24, 2.45) is 0 Å². The van der Waals surface area contributed by atoms with Crippen LogP contribution in [-0.4, -0.2) is 46.9 Å². The number of hydrogen-bond donors (Lipinski definition) is 1. The van der Waals surface area contributed by atoms with Crippen LogP contribution in [0.25, 0.3) is 6.08 Å². The zero-order valence-electron chi connectivity index (χ0n) is 13.7. The van der Waals surface area contributed by atoms with Crippen LogP contribution in [0, 0.1) is 0 Å². The van der Waals surface area contributed by atoms with Gasteiger partial charge in [0.25, 0.3) is 11.1 Å². The number of hydrogen-bond acceptors (Lipinski definition) is 7. The number of carbonyl (C=O) groups excluding carboxylic acids is 3. The Morgan fingerprint density at radius 1 is 1.44 bits per heavy atom. The van der Waals surface area contributed by atoms with Crippen LogP contribution in [0.1, 0.15) is 19.4 Å². The van der Waals surface area contributed by atoms with Crippen LogP contribution in [0.4, 0.5) is 4.79 Å². The fourth-order valence-electron chi connectivity index (χ4n) is 2.17. The fourth-order valence-corrected chi connectivity index (χ4v) is 3.52. The number of methoxy groups -OCH3 is 1. The summed E-state index contributed by atoms with van der Waals surface area (Å²) in [5.74, 6) is -1.03. The molecule has 0 aromatic heterocycles. The largest absolute Gasteiger partial charge is 0.504 e. The molecular weight excluding hydrogens is 414 g/mol. The summed E-state index contributed by atoms with van der Waals surface area (Å²) < 4.78 is 10.4. The number of ether oxygens (including phenoxy) is 2. The van der Waals surface area contributed by atoms with Gasteiger partial charge in [0.2, 0.25) is 0 Å². The lowest BCUT2D eigenvalue weighted by Crippen LogP contribution is -2.42. The van der Waals surface area contributed by atoms with Crippen molar-refractivity contribution >= 4 is 50.9 Å². The first kappa shape index (κ1) is 19.3. The lowest BCUT2D eigenvalue weighted by atomic mass is 10.1. The number of thioether (sulfide) groups is 1. The molecule has 1 atom stereocenters. The number of phenols is 1. The van der Waals surface area contributed by atoms with E-state index in [-0.39, 0.29) is 16.4 Å². The molecule has 2 amide bonds. The van der Waals surface area contributed by atoms with Gasteiger partial charge in [-0.2, -0.15) is 0 Å². The van der Waals surface area contributed by atoms with Crippen LogP contribution in [0.15, 0.2) is 21.5 Å². The van der Waals surface area contributed by atoms with E-state index >= 15 is 0 Å². The summed E-state index contributed by atoms with van der Waals surface area (Å²) in [5.41, 5.74) is 0.553. The molecule has 25 heavy (non-hydrogen) atoms. The zero-order chi connectivity index (χ0) is 18.7. The number of phenolic OH excluding ortho intramolecular Hbond substituents is 1. The van der Waals surface area contributed by atoms with E-state index in [0.717, 1.165) is 16.7 Å². The number of imide groups is 1. The molecule has 2 rings (SSSR count). The second-order valence-corrected chi connectivity index (χ2v) is 6.87. The van der Waals surface area contributed by atoms with Crippen LogP contribution in [0.2, 0.25) is 0 Å². The molecule has 0 aliphatic carbocycles. The minimum absolute atomic E-state index is 0.0432. The first-order chi connectivity index (χ1) is 11.8. The number of carbonyl (C=O) groups is 3. The minimum atomic E-state index is -1.01. The van der Waals surface area contributed by atoms with Crippen molar-refractivity contribution in [2.75, 3.05) is 13.7 Å². The summed E-state index contributed by atoms with van der Waals surface area (Å²) in [5, 5.41) is 9.30. The summed E-state index contributed by atoms with van der Waals surface area (Å²) in [6.07, 6.45) is 1.50. The second kappa shape index (κ2) is 7.92. The number of nitrogens with zero attached hydrogens (tertiary/aromatic N) is 1. The molecule has 1 aliphatic rings. The number of aromatic hydroxyl groups is 1. The zero-order valence-corrected chi connectivity index (χ0v) is 16.1. The van der Waals surface area contributed by atoms with Crippen molar-refractivity contribution in [2.45, 2.75) is 19.9 Å². The normalized spacial score (nSPS) is 17.1. The van der Waals surface area contributed by atoms with Gasteiger partial charge < -0.3 is 14.6 Å². The standard InChI is InChI=1S/C16H16BrNO6S/c1-4-24-12-5-9(10(17)7-11(12)19)6-13-14(20)18(16(22)25-13)8(2)15(21)23-3/h5-8,19H,4H2,1-3H3/b13-6-/t8-/m0/s1. The third kappa shape index (κ3) is 3.98. The van der Waals surface area contributed by atoms with Crippen LogP contribution in [0.5, 0.6) is 11.5 Å². The van der Waals surface area contributed by atoms with Gasteiger partial charge >= 0.3 is 5.97 Å². The van der Waals surface area contributed by atoms with E-state index in [4.69, 9.17) is 4.74 Å². The maximum Gasteiger partial charge on any atom is 0.328 e. The highest BCUT2D eigenvalue weighted by Crippen LogP contribution is 2.38. The lowest BCUT2D eigenvalue weighted by molar-refractivity contribution is -0.148. The van der Waals surface area contributed by atoms with E-state index in [9.17, 15) is 19.5 Å². The molecule has 1 fully saturated rings. The summed E-state index contributed by atoms with van der Waals surface area (Å²) >= 11 is 4.03. The van der Waals surface area contributed by atoms with Crippen molar-refractivity contribution < 1.29 is 29.0 Å². The van der Waals surface area contributed by atoms with Gasteiger partial charge in [-0.3, -0.25) is 14.5 Å². The first-order valence-electron chi connectivity index (χ1n) is 7.30. The second-order valence-electron chi connectivity index (χ2n) is 5.03. The number of halogens is 1. The molecule has 0 bridgehead atoms. The monoisotopic (exact) mass is 429 g/mol. The van der Waals surface area contributed by atoms with Gasteiger partial charge in [0.1, 0.15) is 6.04 Å². The summed E-state index contributed by atoms with van der Waals surface area (Å²) in [6.45, 7) is 3.57. The van der Waals surface area contributed by atoms with Gasteiger partial charge in [0.05, 0.1) is 18.6 Å². The maximum atomic E-state index is 12.5. The van der Waals surface area contributed by atoms with Crippen molar-refractivity contribution in [1.29, 1.82) is 0 Å². The maximum absolute atomic E-state index is 12.5. The summed E-state index contributed by atoms with van der Waals surface area (Å²) in [4.78, 5) is 37.2. The molecule has 0 spiro atoms.